The molecule has 0 bridgehead atoms. The van der Waals surface area contributed by atoms with E-state index < -0.39 is 11.2 Å². The van der Waals surface area contributed by atoms with E-state index in [1.165, 1.54) is 4.57 Å². The van der Waals surface area contributed by atoms with E-state index in [4.69, 9.17) is 0 Å². The predicted molar refractivity (Wildman–Crippen MR) is 139 cm³/mol. The standard InChI is InChI=1S/C25H34N8O3/c1-16(2)15-33-21-20(23(35)30-25(33)36)18(14-19(29-21)17(3)4)22(34)26-8-9-31-10-12-32(13-11-31)24-27-6-5-7-28-24/h5-7,14,16-17H,8-13,15H2,1-4H3,(H,26,34)(H,30,35,36). The number of nitrogens with one attached hydrogen (secondary N) is 2. The lowest BCUT2D eigenvalue weighted by Crippen LogP contribution is -2.49. The molecule has 4 heterocycles. The van der Waals surface area contributed by atoms with Crippen molar-refractivity contribution in [3.63, 3.8) is 0 Å². The van der Waals surface area contributed by atoms with Crippen LogP contribution in [0.25, 0.3) is 11.0 Å². The number of amides is 1. The number of H-pyrrole nitrogens is 1. The predicted octanol–water partition coefficient (Wildman–Crippen LogP) is 1.21. The fourth-order valence-electron chi connectivity index (χ4n) is 4.35. The molecule has 0 unspecified atom stereocenters. The lowest BCUT2D eigenvalue weighted by Gasteiger charge is -2.34. The fraction of sp³-hybridized carbons (Fsp3) is 0.520. The molecule has 3 aromatic heterocycles. The quantitative estimate of drug-likeness (QED) is 0.478. The van der Waals surface area contributed by atoms with Crippen LogP contribution in [0.2, 0.25) is 0 Å². The van der Waals surface area contributed by atoms with Crippen molar-refractivity contribution in [2.24, 2.45) is 5.92 Å². The second-order valence-corrected chi connectivity index (χ2v) is 9.85. The molecular weight excluding hydrogens is 460 g/mol. The lowest BCUT2D eigenvalue weighted by molar-refractivity contribution is 0.0949. The first kappa shape index (κ1) is 25.5. The van der Waals surface area contributed by atoms with Crippen LogP contribution in [0.4, 0.5) is 5.95 Å². The average molecular weight is 495 g/mol. The molecule has 1 saturated heterocycles. The van der Waals surface area contributed by atoms with Crippen molar-refractivity contribution >= 4 is 22.9 Å². The van der Waals surface area contributed by atoms with Crippen molar-refractivity contribution in [1.82, 2.24) is 34.7 Å². The second kappa shape index (κ2) is 11.0. The van der Waals surface area contributed by atoms with E-state index in [0.29, 0.717) is 25.3 Å². The van der Waals surface area contributed by atoms with Gasteiger partial charge in [-0.05, 0) is 24.0 Å². The van der Waals surface area contributed by atoms with Gasteiger partial charge in [-0.15, -0.1) is 0 Å². The van der Waals surface area contributed by atoms with Gasteiger partial charge >= 0.3 is 5.69 Å². The highest BCUT2D eigenvalue weighted by Crippen LogP contribution is 2.20. The Balaban J connectivity index is 1.49. The molecule has 1 aliphatic rings. The normalized spacial score (nSPS) is 14.7. The Bertz CT molecular complexity index is 1320. The maximum absolute atomic E-state index is 13.3. The number of aromatic amines is 1. The zero-order valence-corrected chi connectivity index (χ0v) is 21.3. The number of fused-ring (bicyclic) bond motifs is 1. The molecule has 3 aromatic rings. The molecule has 192 valence electrons. The van der Waals surface area contributed by atoms with Crippen molar-refractivity contribution in [3.8, 4) is 0 Å². The maximum Gasteiger partial charge on any atom is 0.330 e. The highest BCUT2D eigenvalue weighted by molar-refractivity contribution is 6.05. The van der Waals surface area contributed by atoms with Crippen LogP contribution in [0.3, 0.4) is 0 Å². The van der Waals surface area contributed by atoms with Crippen molar-refractivity contribution in [1.29, 1.82) is 0 Å². The summed E-state index contributed by atoms with van der Waals surface area (Å²) in [5.74, 6) is 0.568. The van der Waals surface area contributed by atoms with Crippen molar-refractivity contribution < 1.29 is 4.79 Å². The van der Waals surface area contributed by atoms with Crippen LogP contribution in [0.1, 0.15) is 49.7 Å². The van der Waals surface area contributed by atoms with Crippen LogP contribution in [0.5, 0.6) is 0 Å². The lowest BCUT2D eigenvalue weighted by atomic mass is 10.0. The molecule has 11 nitrogen and oxygen atoms in total. The van der Waals surface area contributed by atoms with Crippen molar-refractivity contribution in [2.45, 2.75) is 40.2 Å². The summed E-state index contributed by atoms with van der Waals surface area (Å²) in [5.41, 5.74) is 0.0548. The van der Waals surface area contributed by atoms with Gasteiger partial charge in [-0.2, -0.15) is 0 Å². The van der Waals surface area contributed by atoms with Crippen LogP contribution >= 0.6 is 0 Å². The first-order valence-corrected chi connectivity index (χ1v) is 12.4. The van der Waals surface area contributed by atoms with Gasteiger partial charge in [0.2, 0.25) is 5.95 Å². The number of carbonyl (C=O) groups excluding carboxylic acids is 1. The van der Waals surface area contributed by atoms with Gasteiger partial charge in [0.05, 0.1) is 10.9 Å². The molecule has 0 aromatic carbocycles. The Morgan fingerprint density at radius 1 is 1.08 bits per heavy atom. The number of piperazine rings is 1. The first-order valence-electron chi connectivity index (χ1n) is 12.4. The van der Waals surface area contributed by atoms with Gasteiger partial charge in [-0.25, -0.2) is 19.7 Å². The van der Waals surface area contributed by atoms with E-state index in [-0.39, 0.29) is 34.3 Å². The van der Waals surface area contributed by atoms with E-state index in [9.17, 15) is 14.4 Å². The molecule has 1 fully saturated rings. The molecule has 36 heavy (non-hydrogen) atoms. The summed E-state index contributed by atoms with van der Waals surface area (Å²) in [6.07, 6.45) is 3.48. The number of anilines is 1. The van der Waals surface area contributed by atoms with Gasteiger partial charge in [0.25, 0.3) is 11.5 Å². The smallest absolute Gasteiger partial charge is 0.330 e. The number of hydrogen-bond acceptors (Lipinski definition) is 8. The highest BCUT2D eigenvalue weighted by Gasteiger charge is 2.22. The molecule has 11 heteroatoms. The first-order chi connectivity index (χ1) is 17.2. The summed E-state index contributed by atoms with van der Waals surface area (Å²) in [6, 6.07) is 3.47. The molecule has 1 aliphatic heterocycles. The summed E-state index contributed by atoms with van der Waals surface area (Å²) in [6.45, 7) is 12.7. The monoisotopic (exact) mass is 494 g/mol. The Kier molecular flexibility index (Phi) is 7.78. The van der Waals surface area contributed by atoms with E-state index in [1.807, 2.05) is 27.7 Å². The SMILES string of the molecule is CC(C)Cn1c(=O)[nH]c(=O)c2c(C(=O)NCCN3CCN(c4ncccn4)CC3)cc(C(C)C)nc21. The number of carbonyl (C=O) groups is 1. The largest absolute Gasteiger partial charge is 0.351 e. The molecule has 0 spiro atoms. The molecule has 2 N–H and O–H groups in total. The highest BCUT2D eigenvalue weighted by atomic mass is 16.2. The average Bonchev–Trinajstić information content (AvgIpc) is 2.86. The topological polar surface area (TPSA) is 129 Å². The summed E-state index contributed by atoms with van der Waals surface area (Å²) in [4.78, 5) is 58.6. The Labute approximate surface area is 209 Å². The molecule has 0 radical (unpaired) electrons. The molecule has 1 amide bonds. The summed E-state index contributed by atoms with van der Waals surface area (Å²) in [7, 11) is 0. The summed E-state index contributed by atoms with van der Waals surface area (Å²) < 4.78 is 1.46. The van der Waals surface area contributed by atoms with Gasteiger partial charge in [0, 0.05) is 63.9 Å². The Morgan fingerprint density at radius 2 is 1.78 bits per heavy atom. The van der Waals surface area contributed by atoms with E-state index in [2.05, 4.69) is 35.1 Å². The van der Waals surface area contributed by atoms with Gasteiger partial charge < -0.3 is 10.2 Å². The zero-order chi connectivity index (χ0) is 25.8. The third-order valence-corrected chi connectivity index (χ3v) is 6.27. The maximum atomic E-state index is 13.3. The van der Waals surface area contributed by atoms with Crippen LogP contribution in [0.15, 0.2) is 34.1 Å². The van der Waals surface area contributed by atoms with Crippen molar-refractivity contribution in [3.05, 3.63) is 56.6 Å². The fourth-order valence-corrected chi connectivity index (χ4v) is 4.35. The van der Waals surface area contributed by atoms with Gasteiger partial charge in [-0.3, -0.25) is 24.0 Å². The minimum Gasteiger partial charge on any atom is -0.351 e. The van der Waals surface area contributed by atoms with Crippen LogP contribution in [-0.2, 0) is 6.54 Å². The van der Waals surface area contributed by atoms with Gasteiger partial charge in [0.15, 0.2) is 5.65 Å². The molecule has 0 atom stereocenters. The summed E-state index contributed by atoms with van der Waals surface area (Å²) >= 11 is 0. The Hall–Kier alpha value is -3.60. The van der Waals surface area contributed by atoms with E-state index in [0.717, 1.165) is 32.1 Å². The van der Waals surface area contributed by atoms with E-state index in [1.54, 1.807) is 24.5 Å². The van der Waals surface area contributed by atoms with Gasteiger partial charge in [-0.1, -0.05) is 27.7 Å². The number of nitrogens with zero attached hydrogens (tertiary/aromatic N) is 6. The minimum atomic E-state index is -0.595. The van der Waals surface area contributed by atoms with Crippen molar-refractivity contribution in [2.75, 3.05) is 44.2 Å². The zero-order valence-electron chi connectivity index (χ0n) is 21.3. The number of aromatic nitrogens is 5. The summed E-state index contributed by atoms with van der Waals surface area (Å²) in [5, 5.41) is 3.11. The molecule has 0 saturated carbocycles. The third-order valence-electron chi connectivity index (χ3n) is 6.27. The molecular formula is C25H34N8O3. The number of pyridine rings is 1. The Morgan fingerprint density at radius 3 is 2.42 bits per heavy atom. The number of hydrogen-bond donors (Lipinski definition) is 2. The van der Waals surface area contributed by atoms with Crippen LogP contribution in [0, 0.1) is 5.92 Å². The van der Waals surface area contributed by atoms with Crippen LogP contribution < -0.4 is 21.5 Å². The number of rotatable bonds is 8. The third kappa shape index (κ3) is 5.62. The molecule has 0 aliphatic carbocycles. The minimum absolute atomic E-state index is 0.0210. The molecule has 4 rings (SSSR count). The second-order valence-electron chi connectivity index (χ2n) is 9.85. The van der Waals surface area contributed by atoms with Crippen LogP contribution in [-0.4, -0.2) is 74.6 Å². The van der Waals surface area contributed by atoms with E-state index >= 15 is 0 Å². The van der Waals surface area contributed by atoms with Gasteiger partial charge in [0.1, 0.15) is 0 Å².